The molecular formula is C40H48N2O5. The third-order valence-electron chi connectivity index (χ3n) is 8.76. The van der Waals surface area contributed by atoms with Crippen molar-refractivity contribution in [2.24, 2.45) is 0 Å². The molecule has 0 spiro atoms. The fourth-order valence-corrected chi connectivity index (χ4v) is 6.19. The summed E-state index contributed by atoms with van der Waals surface area (Å²) >= 11 is 0. The van der Waals surface area contributed by atoms with E-state index in [1.165, 1.54) is 5.56 Å². The number of unbranched alkanes of at least 4 members (excludes halogenated alkanes) is 1. The van der Waals surface area contributed by atoms with Gasteiger partial charge in [-0.1, -0.05) is 121 Å². The molecule has 1 aliphatic rings. The molecule has 1 fully saturated rings. The number of aliphatic hydroxyl groups is 1. The number of aryl methyl sites for hydroxylation is 1. The normalized spacial score (nSPS) is 19.4. The summed E-state index contributed by atoms with van der Waals surface area (Å²) in [5, 5.41) is 14.7. The summed E-state index contributed by atoms with van der Waals surface area (Å²) in [6, 6.07) is 40.2. The Bertz CT molecular complexity index is 1420. The standard InChI is InChI=1S/C40H48N2O5/c43-39-37(27-36(45-29-33-18-7-2-8-19-33)28-38(39)46-30-34-20-9-3-10-21-34)42(25-14-13-17-32-15-5-1-6-16-32)26-24-41-40(44)47-31-35-22-11-4-12-23-35/h1-12,15-16,18-23,36-39,43H,13-14,17,24-31H2,(H,41,44)/t36-,37+,38+,39-/m0/s1. The van der Waals surface area contributed by atoms with Crippen LogP contribution in [0.15, 0.2) is 121 Å². The van der Waals surface area contributed by atoms with Gasteiger partial charge >= 0.3 is 6.09 Å². The lowest BCUT2D eigenvalue weighted by molar-refractivity contribution is -0.143. The van der Waals surface area contributed by atoms with Crippen molar-refractivity contribution in [3.05, 3.63) is 144 Å². The van der Waals surface area contributed by atoms with E-state index in [1.807, 2.05) is 84.9 Å². The predicted octanol–water partition coefficient (Wildman–Crippen LogP) is 6.93. The van der Waals surface area contributed by atoms with E-state index in [0.717, 1.165) is 42.5 Å². The molecule has 5 rings (SSSR count). The first-order valence-electron chi connectivity index (χ1n) is 16.9. The SMILES string of the molecule is O=C(NCCN(CCCCc1ccccc1)[C@@H]1C[C@H](OCc2ccccc2)C[C@@H](OCc2ccccc2)[C@H]1O)OCc1ccccc1. The summed E-state index contributed by atoms with van der Waals surface area (Å²) in [4.78, 5) is 14.9. The van der Waals surface area contributed by atoms with Gasteiger partial charge < -0.3 is 24.6 Å². The lowest BCUT2D eigenvalue weighted by Crippen LogP contribution is -2.57. The van der Waals surface area contributed by atoms with Crippen molar-refractivity contribution >= 4 is 6.09 Å². The first-order chi connectivity index (χ1) is 23.1. The molecule has 248 valence electrons. The van der Waals surface area contributed by atoms with Crippen LogP contribution < -0.4 is 5.32 Å². The molecule has 4 aromatic carbocycles. The van der Waals surface area contributed by atoms with Gasteiger partial charge in [0.1, 0.15) is 6.61 Å². The molecule has 0 saturated heterocycles. The number of amides is 1. The number of alkyl carbamates (subject to hydrolysis) is 1. The Balaban J connectivity index is 1.24. The van der Waals surface area contributed by atoms with Crippen molar-refractivity contribution in [2.45, 2.75) is 76.3 Å². The monoisotopic (exact) mass is 636 g/mol. The number of nitrogens with one attached hydrogen (secondary N) is 1. The number of ether oxygens (including phenoxy) is 3. The van der Waals surface area contributed by atoms with Crippen LogP contribution in [0.1, 0.15) is 47.9 Å². The van der Waals surface area contributed by atoms with Gasteiger partial charge in [-0.2, -0.15) is 0 Å². The first kappa shape index (κ1) is 34.3. The second kappa shape index (κ2) is 19.0. The smallest absolute Gasteiger partial charge is 0.407 e. The molecule has 7 heteroatoms. The van der Waals surface area contributed by atoms with E-state index in [2.05, 4.69) is 46.6 Å². The Labute approximate surface area is 279 Å². The number of rotatable bonds is 17. The molecule has 47 heavy (non-hydrogen) atoms. The summed E-state index contributed by atoms with van der Waals surface area (Å²) in [5.74, 6) is 0. The van der Waals surface area contributed by atoms with Gasteiger partial charge in [0.05, 0.1) is 31.5 Å². The Morgan fingerprint density at radius 1 is 0.660 bits per heavy atom. The number of carbonyl (C=O) groups is 1. The van der Waals surface area contributed by atoms with Gasteiger partial charge in [-0.25, -0.2) is 4.79 Å². The Morgan fingerprint density at radius 2 is 1.19 bits per heavy atom. The topological polar surface area (TPSA) is 80.3 Å². The van der Waals surface area contributed by atoms with Crippen LogP contribution in [-0.2, 0) is 40.5 Å². The minimum atomic E-state index is -0.700. The fraction of sp³-hybridized carbons (Fsp3) is 0.375. The number of nitrogens with zero attached hydrogens (tertiary/aromatic N) is 1. The maximum atomic E-state index is 12.6. The van der Waals surface area contributed by atoms with Crippen molar-refractivity contribution in [3.63, 3.8) is 0 Å². The second-order valence-electron chi connectivity index (χ2n) is 12.3. The van der Waals surface area contributed by atoms with Crippen LogP contribution >= 0.6 is 0 Å². The Morgan fingerprint density at radius 3 is 1.79 bits per heavy atom. The minimum absolute atomic E-state index is 0.0833. The molecule has 0 radical (unpaired) electrons. The van der Waals surface area contributed by atoms with Gasteiger partial charge in [0.2, 0.25) is 0 Å². The number of carbonyl (C=O) groups excluding carboxylic acids is 1. The third kappa shape index (κ3) is 11.6. The molecule has 2 N–H and O–H groups in total. The average Bonchev–Trinajstić information content (AvgIpc) is 3.12. The van der Waals surface area contributed by atoms with Crippen LogP contribution in [0.3, 0.4) is 0 Å². The van der Waals surface area contributed by atoms with E-state index in [-0.39, 0.29) is 24.9 Å². The molecule has 0 bridgehead atoms. The van der Waals surface area contributed by atoms with Crippen molar-refractivity contribution in [1.82, 2.24) is 10.2 Å². The first-order valence-corrected chi connectivity index (χ1v) is 16.9. The van der Waals surface area contributed by atoms with Crippen molar-refractivity contribution in [3.8, 4) is 0 Å². The highest BCUT2D eigenvalue weighted by Gasteiger charge is 2.40. The maximum Gasteiger partial charge on any atom is 0.407 e. The molecule has 4 atom stereocenters. The number of benzene rings is 4. The lowest BCUT2D eigenvalue weighted by atomic mass is 9.86. The maximum absolute atomic E-state index is 12.6. The summed E-state index contributed by atoms with van der Waals surface area (Å²) in [5.41, 5.74) is 4.45. The summed E-state index contributed by atoms with van der Waals surface area (Å²) in [7, 11) is 0. The average molecular weight is 637 g/mol. The zero-order valence-electron chi connectivity index (χ0n) is 27.2. The van der Waals surface area contributed by atoms with Crippen LogP contribution in [0, 0.1) is 0 Å². The molecule has 1 saturated carbocycles. The lowest BCUT2D eigenvalue weighted by Gasteiger charge is -2.44. The fourth-order valence-electron chi connectivity index (χ4n) is 6.19. The van der Waals surface area contributed by atoms with E-state index in [0.29, 0.717) is 39.1 Å². The van der Waals surface area contributed by atoms with Gasteiger partial charge in [-0.05, 0) is 54.5 Å². The molecule has 0 heterocycles. The van der Waals surface area contributed by atoms with Gasteiger partial charge in [-0.3, -0.25) is 4.90 Å². The third-order valence-corrected chi connectivity index (χ3v) is 8.76. The Hall–Kier alpha value is -4.01. The molecule has 1 aliphatic carbocycles. The van der Waals surface area contributed by atoms with E-state index >= 15 is 0 Å². The quantitative estimate of drug-likeness (QED) is 0.122. The van der Waals surface area contributed by atoms with Crippen LogP contribution in [0.25, 0.3) is 0 Å². The molecule has 0 aliphatic heterocycles. The highest BCUT2D eigenvalue weighted by Crippen LogP contribution is 2.30. The van der Waals surface area contributed by atoms with Gasteiger partial charge in [0.25, 0.3) is 0 Å². The van der Waals surface area contributed by atoms with Gasteiger partial charge in [0.15, 0.2) is 0 Å². The molecule has 0 aromatic heterocycles. The van der Waals surface area contributed by atoms with Crippen LogP contribution in [0.5, 0.6) is 0 Å². The summed E-state index contributed by atoms with van der Waals surface area (Å²) < 4.78 is 18.3. The predicted molar refractivity (Wildman–Crippen MR) is 185 cm³/mol. The molecule has 0 unspecified atom stereocenters. The second-order valence-corrected chi connectivity index (χ2v) is 12.3. The van der Waals surface area contributed by atoms with E-state index in [9.17, 15) is 9.90 Å². The molecular weight excluding hydrogens is 588 g/mol. The minimum Gasteiger partial charge on any atom is -0.445 e. The number of hydrogen-bond acceptors (Lipinski definition) is 6. The van der Waals surface area contributed by atoms with Gasteiger partial charge in [0, 0.05) is 25.6 Å². The zero-order chi connectivity index (χ0) is 32.5. The van der Waals surface area contributed by atoms with Crippen molar-refractivity contribution < 1.29 is 24.1 Å². The molecule has 1 amide bonds. The molecule has 7 nitrogen and oxygen atoms in total. The van der Waals surface area contributed by atoms with Crippen molar-refractivity contribution in [1.29, 1.82) is 0 Å². The number of aliphatic hydroxyl groups excluding tert-OH is 1. The van der Waals surface area contributed by atoms with Crippen molar-refractivity contribution in [2.75, 3.05) is 19.6 Å². The van der Waals surface area contributed by atoms with E-state index in [1.54, 1.807) is 0 Å². The zero-order valence-corrected chi connectivity index (χ0v) is 27.2. The van der Waals surface area contributed by atoms with E-state index in [4.69, 9.17) is 14.2 Å². The van der Waals surface area contributed by atoms with Gasteiger partial charge in [-0.15, -0.1) is 0 Å². The van der Waals surface area contributed by atoms with Crippen LogP contribution in [0.2, 0.25) is 0 Å². The van der Waals surface area contributed by atoms with Crippen LogP contribution in [0.4, 0.5) is 4.79 Å². The highest BCUT2D eigenvalue weighted by atomic mass is 16.5. The summed E-state index contributed by atoms with van der Waals surface area (Å²) in [6.07, 6.45) is 2.66. The molecule has 4 aromatic rings. The Kier molecular flexibility index (Phi) is 13.9. The highest BCUT2D eigenvalue weighted by molar-refractivity contribution is 5.67. The summed E-state index contributed by atoms with van der Waals surface area (Å²) in [6.45, 7) is 2.91. The van der Waals surface area contributed by atoms with E-state index < -0.39 is 12.2 Å². The number of hydrogen-bond donors (Lipinski definition) is 2. The largest absolute Gasteiger partial charge is 0.445 e. The van der Waals surface area contributed by atoms with Crippen LogP contribution in [-0.4, -0.2) is 60.1 Å².